The van der Waals surface area contributed by atoms with E-state index in [1.54, 1.807) is 12.1 Å². The van der Waals surface area contributed by atoms with Crippen molar-refractivity contribution < 1.29 is 17.6 Å². The standard InChI is InChI=1S/C17H17F4NS/c1-16(2,3)14-9-6-12(10-15(14)18)22-23-13-7-4-11(5-8-13)17(19,20)21/h4-10,22H,1-3H3. The van der Waals surface area contributed by atoms with Crippen LogP contribution in [0, 0.1) is 5.82 Å². The average Bonchev–Trinajstić information content (AvgIpc) is 2.43. The molecule has 0 fully saturated rings. The van der Waals surface area contributed by atoms with Gasteiger partial charge in [-0.25, -0.2) is 4.39 Å². The molecule has 0 aliphatic carbocycles. The van der Waals surface area contributed by atoms with Crippen molar-refractivity contribution in [3.05, 3.63) is 59.4 Å². The highest BCUT2D eigenvalue weighted by molar-refractivity contribution is 8.00. The second-order valence-electron chi connectivity index (χ2n) is 6.17. The van der Waals surface area contributed by atoms with Gasteiger partial charge in [0.15, 0.2) is 0 Å². The minimum atomic E-state index is -4.34. The molecule has 2 aromatic rings. The van der Waals surface area contributed by atoms with Gasteiger partial charge in [0.2, 0.25) is 0 Å². The van der Waals surface area contributed by atoms with Gasteiger partial charge in [-0.1, -0.05) is 26.8 Å². The largest absolute Gasteiger partial charge is 0.416 e. The molecule has 0 bridgehead atoms. The second-order valence-corrected chi connectivity index (χ2v) is 7.05. The summed E-state index contributed by atoms with van der Waals surface area (Å²) >= 11 is 1.13. The van der Waals surface area contributed by atoms with Crippen molar-refractivity contribution in [1.82, 2.24) is 0 Å². The van der Waals surface area contributed by atoms with Crippen molar-refractivity contribution in [2.75, 3.05) is 4.72 Å². The first-order valence-electron chi connectivity index (χ1n) is 6.97. The third-order valence-electron chi connectivity index (χ3n) is 3.25. The van der Waals surface area contributed by atoms with Gasteiger partial charge in [-0.3, -0.25) is 0 Å². The number of rotatable bonds is 3. The highest BCUT2D eigenvalue weighted by Crippen LogP contribution is 2.32. The number of benzene rings is 2. The van der Waals surface area contributed by atoms with Crippen LogP contribution in [0.2, 0.25) is 0 Å². The lowest BCUT2D eigenvalue weighted by Crippen LogP contribution is -2.13. The summed E-state index contributed by atoms with van der Waals surface area (Å²) in [6.07, 6.45) is -4.34. The zero-order valence-corrected chi connectivity index (χ0v) is 13.8. The maximum Gasteiger partial charge on any atom is 0.416 e. The van der Waals surface area contributed by atoms with Crippen molar-refractivity contribution in [2.45, 2.75) is 37.3 Å². The molecule has 6 heteroatoms. The van der Waals surface area contributed by atoms with Gasteiger partial charge in [0, 0.05) is 10.6 Å². The molecule has 0 aromatic heterocycles. The van der Waals surface area contributed by atoms with Gasteiger partial charge in [0.05, 0.1) is 5.56 Å². The minimum absolute atomic E-state index is 0.289. The van der Waals surface area contributed by atoms with Crippen molar-refractivity contribution >= 4 is 17.6 Å². The molecule has 23 heavy (non-hydrogen) atoms. The topological polar surface area (TPSA) is 12.0 Å². The SMILES string of the molecule is CC(C)(C)c1ccc(NSc2ccc(C(F)(F)F)cc2)cc1F. The number of hydrogen-bond acceptors (Lipinski definition) is 2. The Hall–Kier alpha value is -1.69. The van der Waals surface area contributed by atoms with Gasteiger partial charge >= 0.3 is 6.18 Å². The lowest BCUT2D eigenvalue weighted by Gasteiger charge is -2.20. The number of hydrogen-bond donors (Lipinski definition) is 1. The van der Waals surface area contributed by atoms with E-state index >= 15 is 0 Å². The summed E-state index contributed by atoms with van der Waals surface area (Å²) in [6.45, 7) is 5.78. The zero-order valence-electron chi connectivity index (χ0n) is 13.0. The molecule has 0 aliphatic rings. The summed E-state index contributed by atoms with van der Waals surface area (Å²) in [6, 6.07) is 9.64. The molecule has 1 nitrogen and oxygen atoms in total. The van der Waals surface area contributed by atoms with Gasteiger partial charge in [0.1, 0.15) is 5.82 Å². The van der Waals surface area contributed by atoms with Gasteiger partial charge in [0.25, 0.3) is 0 Å². The van der Waals surface area contributed by atoms with E-state index in [0.29, 0.717) is 16.1 Å². The molecule has 0 saturated heterocycles. The summed E-state index contributed by atoms with van der Waals surface area (Å²) < 4.78 is 54.5. The van der Waals surface area contributed by atoms with Crippen LogP contribution in [0.25, 0.3) is 0 Å². The average molecular weight is 343 g/mol. The van der Waals surface area contributed by atoms with E-state index in [1.165, 1.54) is 18.2 Å². The quantitative estimate of drug-likeness (QED) is 0.521. The van der Waals surface area contributed by atoms with E-state index in [1.807, 2.05) is 20.8 Å². The van der Waals surface area contributed by atoms with Crippen molar-refractivity contribution in [2.24, 2.45) is 0 Å². The third-order valence-corrected chi connectivity index (χ3v) is 4.09. The summed E-state index contributed by atoms with van der Waals surface area (Å²) in [5.74, 6) is -0.310. The monoisotopic (exact) mass is 343 g/mol. The van der Waals surface area contributed by atoms with Crippen LogP contribution in [0.5, 0.6) is 0 Å². The molecule has 0 spiro atoms. The van der Waals surface area contributed by atoms with E-state index in [0.717, 1.165) is 24.1 Å². The first-order chi connectivity index (χ1) is 10.6. The molecule has 0 saturated carbocycles. The Morgan fingerprint density at radius 3 is 2.00 bits per heavy atom. The molecule has 2 aromatic carbocycles. The van der Waals surface area contributed by atoms with E-state index in [4.69, 9.17) is 0 Å². The van der Waals surface area contributed by atoms with Crippen LogP contribution in [0.15, 0.2) is 47.4 Å². The first-order valence-corrected chi connectivity index (χ1v) is 7.79. The fraction of sp³-hybridized carbons (Fsp3) is 0.294. The van der Waals surface area contributed by atoms with E-state index < -0.39 is 11.7 Å². The van der Waals surface area contributed by atoms with Crippen LogP contribution in [0.1, 0.15) is 31.9 Å². The summed E-state index contributed by atoms with van der Waals surface area (Å²) in [7, 11) is 0. The molecule has 0 radical (unpaired) electrons. The van der Waals surface area contributed by atoms with Crippen LogP contribution in [-0.2, 0) is 11.6 Å². The molecule has 0 unspecified atom stereocenters. The van der Waals surface area contributed by atoms with Crippen LogP contribution in [0.3, 0.4) is 0 Å². The zero-order chi connectivity index (χ0) is 17.3. The maximum atomic E-state index is 14.1. The van der Waals surface area contributed by atoms with E-state index in [-0.39, 0.29) is 11.2 Å². The predicted octanol–water partition coefficient (Wildman–Crippen LogP) is 6.26. The molecular weight excluding hydrogens is 326 g/mol. The fourth-order valence-corrected chi connectivity index (χ4v) is 2.65. The maximum absolute atomic E-state index is 14.1. The van der Waals surface area contributed by atoms with Gasteiger partial charge < -0.3 is 4.72 Å². The lowest BCUT2D eigenvalue weighted by atomic mass is 9.86. The van der Waals surface area contributed by atoms with Crippen LogP contribution in [-0.4, -0.2) is 0 Å². The Balaban J connectivity index is 2.05. The van der Waals surface area contributed by atoms with Gasteiger partial charge in [-0.2, -0.15) is 13.2 Å². The second kappa shape index (κ2) is 6.43. The number of halogens is 4. The summed E-state index contributed by atoms with van der Waals surface area (Å²) in [4.78, 5) is 0.610. The Morgan fingerprint density at radius 2 is 1.52 bits per heavy atom. The number of alkyl halides is 3. The normalized spacial score (nSPS) is 12.3. The molecule has 0 heterocycles. The molecular formula is C17H17F4NS. The molecule has 0 aliphatic heterocycles. The van der Waals surface area contributed by atoms with Crippen LogP contribution < -0.4 is 4.72 Å². The summed E-state index contributed by atoms with van der Waals surface area (Å²) in [5, 5.41) is 0. The molecule has 2 rings (SSSR count). The number of anilines is 1. The molecule has 0 atom stereocenters. The van der Waals surface area contributed by atoms with E-state index in [9.17, 15) is 17.6 Å². The van der Waals surface area contributed by atoms with Crippen LogP contribution >= 0.6 is 11.9 Å². The lowest BCUT2D eigenvalue weighted by molar-refractivity contribution is -0.137. The molecule has 124 valence electrons. The predicted molar refractivity (Wildman–Crippen MR) is 86.0 cm³/mol. The Bertz CT molecular complexity index is 672. The molecule has 0 amide bonds. The highest BCUT2D eigenvalue weighted by atomic mass is 32.2. The Kier molecular flexibility index (Phi) is 4.94. The van der Waals surface area contributed by atoms with Crippen molar-refractivity contribution in [3.8, 4) is 0 Å². The fourth-order valence-electron chi connectivity index (χ4n) is 2.02. The van der Waals surface area contributed by atoms with Crippen molar-refractivity contribution in [1.29, 1.82) is 0 Å². The third kappa shape index (κ3) is 4.64. The Morgan fingerprint density at radius 1 is 0.913 bits per heavy atom. The van der Waals surface area contributed by atoms with E-state index in [2.05, 4.69) is 4.72 Å². The van der Waals surface area contributed by atoms with Gasteiger partial charge in [-0.15, -0.1) is 0 Å². The first kappa shape index (κ1) is 17.7. The smallest absolute Gasteiger partial charge is 0.326 e. The minimum Gasteiger partial charge on any atom is -0.326 e. The molecule has 1 N–H and O–H groups in total. The Labute approximate surface area is 137 Å². The van der Waals surface area contributed by atoms with Gasteiger partial charge in [-0.05, 0) is 59.3 Å². The van der Waals surface area contributed by atoms with Crippen molar-refractivity contribution in [3.63, 3.8) is 0 Å². The summed E-state index contributed by atoms with van der Waals surface area (Å²) in [5.41, 5.74) is 0.189. The highest BCUT2D eigenvalue weighted by Gasteiger charge is 2.29. The van der Waals surface area contributed by atoms with Crippen LogP contribution in [0.4, 0.5) is 23.2 Å². The number of nitrogens with one attached hydrogen (secondary N) is 1.